The third kappa shape index (κ3) is 8.17. The fourth-order valence-corrected chi connectivity index (χ4v) is 2.89. The van der Waals surface area contributed by atoms with Gasteiger partial charge >= 0.3 is 0 Å². The van der Waals surface area contributed by atoms with E-state index in [-0.39, 0.29) is 0 Å². The summed E-state index contributed by atoms with van der Waals surface area (Å²) < 4.78 is 11.4. The van der Waals surface area contributed by atoms with Crippen molar-refractivity contribution in [2.45, 2.75) is 51.4 Å². The van der Waals surface area contributed by atoms with Crippen molar-refractivity contribution >= 4 is 17.1 Å². The van der Waals surface area contributed by atoms with E-state index in [0.29, 0.717) is 13.2 Å². The highest BCUT2D eigenvalue weighted by molar-refractivity contribution is 5.83. The Bertz CT molecular complexity index is 609. The van der Waals surface area contributed by atoms with Crippen molar-refractivity contribution in [3.05, 3.63) is 42.5 Å². The van der Waals surface area contributed by atoms with Crippen molar-refractivity contribution in [3.8, 4) is 5.75 Å². The van der Waals surface area contributed by atoms with E-state index in [2.05, 4.69) is 24.3 Å². The van der Waals surface area contributed by atoms with Gasteiger partial charge in [0.2, 0.25) is 0 Å². The molecule has 0 saturated carbocycles. The van der Waals surface area contributed by atoms with Gasteiger partial charge in [-0.15, -0.1) is 0 Å². The first kappa shape index (κ1) is 19.5. The monoisotopic (exact) mass is 342 g/mol. The number of carbonyl (C=O) groups is 1. The number of hydrogen-bond donors (Lipinski definition) is 0. The molecule has 2 aromatic carbocycles. The number of hydrogen-bond acceptors (Lipinski definition) is 3. The first-order valence-corrected chi connectivity index (χ1v) is 9.53. The number of rotatable bonds is 14. The molecule has 3 heteroatoms. The van der Waals surface area contributed by atoms with Gasteiger partial charge in [0, 0.05) is 13.0 Å². The van der Waals surface area contributed by atoms with Gasteiger partial charge in [-0.1, -0.05) is 62.4 Å². The van der Waals surface area contributed by atoms with Crippen LogP contribution in [0.3, 0.4) is 0 Å². The maximum Gasteiger partial charge on any atom is 0.120 e. The third-order valence-corrected chi connectivity index (χ3v) is 4.33. The second kappa shape index (κ2) is 12.5. The van der Waals surface area contributed by atoms with Gasteiger partial charge in [-0.3, -0.25) is 0 Å². The fourth-order valence-electron chi connectivity index (χ4n) is 2.89. The summed E-state index contributed by atoms with van der Waals surface area (Å²) in [5.41, 5.74) is 0. The smallest absolute Gasteiger partial charge is 0.120 e. The molecule has 2 aromatic rings. The average Bonchev–Trinajstić information content (AvgIpc) is 2.65. The number of benzene rings is 2. The maximum atomic E-state index is 10.2. The molecule has 0 amide bonds. The van der Waals surface area contributed by atoms with Crippen LogP contribution in [-0.2, 0) is 9.53 Å². The normalized spacial score (nSPS) is 10.9. The van der Waals surface area contributed by atoms with Gasteiger partial charge in [0.05, 0.1) is 6.61 Å². The number of fused-ring (bicyclic) bond motifs is 1. The molecule has 3 nitrogen and oxygen atoms in total. The number of carbonyl (C=O) groups excluding carboxylic acids is 1. The van der Waals surface area contributed by atoms with Crippen LogP contribution in [0.1, 0.15) is 51.4 Å². The lowest BCUT2D eigenvalue weighted by atomic mass is 10.1. The minimum Gasteiger partial charge on any atom is -0.491 e. The molecule has 0 spiro atoms. The highest BCUT2D eigenvalue weighted by Gasteiger charge is 1.97. The van der Waals surface area contributed by atoms with Crippen LogP contribution in [0.15, 0.2) is 42.5 Å². The van der Waals surface area contributed by atoms with E-state index < -0.39 is 0 Å². The molecule has 0 saturated heterocycles. The maximum absolute atomic E-state index is 10.2. The Morgan fingerprint density at radius 2 is 1.44 bits per heavy atom. The Labute approximate surface area is 151 Å². The highest BCUT2D eigenvalue weighted by Crippen LogP contribution is 2.20. The molecule has 0 fully saturated rings. The molecule has 0 heterocycles. The van der Waals surface area contributed by atoms with Crippen molar-refractivity contribution in [2.24, 2.45) is 0 Å². The van der Waals surface area contributed by atoms with E-state index in [9.17, 15) is 4.79 Å². The lowest BCUT2D eigenvalue weighted by Gasteiger charge is -2.08. The van der Waals surface area contributed by atoms with Gasteiger partial charge in [0.15, 0.2) is 0 Å². The fraction of sp³-hybridized carbons (Fsp3) is 0.500. The second-order valence-corrected chi connectivity index (χ2v) is 6.40. The SMILES string of the molecule is O=CCCCCCCCCCOCCOc1ccc2ccccc2c1. The van der Waals surface area contributed by atoms with Crippen molar-refractivity contribution in [2.75, 3.05) is 19.8 Å². The van der Waals surface area contributed by atoms with Gasteiger partial charge < -0.3 is 14.3 Å². The summed E-state index contributed by atoms with van der Waals surface area (Å²) in [5.74, 6) is 0.900. The molecule has 0 radical (unpaired) electrons. The minimum atomic E-state index is 0.592. The Balaban J connectivity index is 1.43. The first-order valence-electron chi connectivity index (χ1n) is 9.53. The van der Waals surface area contributed by atoms with Crippen molar-refractivity contribution in [3.63, 3.8) is 0 Å². The third-order valence-electron chi connectivity index (χ3n) is 4.33. The van der Waals surface area contributed by atoms with Gasteiger partial charge in [-0.2, -0.15) is 0 Å². The molecule has 0 aliphatic rings. The van der Waals surface area contributed by atoms with Crippen molar-refractivity contribution in [1.82, 2.24) is 0 Å². The number of ether oxygens (including phenoxy) is 2. The molecule has 0 aromatic heterocycles. The molecule has 0 atom stereocenters. The highest BCUT2D eigenvalue weighted by atomic mass is 16.5. The van der Waals surface area contributed by atoms with Crippen LogP contribution < -0.4 is 4.74 Å². The second-order valence-electron chi connectivity index (χ2n) is 6.40. The predicted octanol–water partition coefficient (Wildman–Crippen LogP) is 5.55. The quantitative estimate of drug-likeness (QED) is 0.333. The van der Waals surface area contributed by atoms with Crippen molar-refractivity contribution < 1.29 is 14.3 Å². The molecule has 0 aliphatic carbocycles. The predicted molar refractivity (Wildman–Crippen MR) is 103 cm³/mol. The molecule has 2 rings (SSSR count). The molecule has 0 aliphatic heterocycles. The van der Waals surface area contributed by atoms with Crippen LogP contribution in [0, 0.1) is 0 Å². The number of aldehydes is 1. The summed E-state index contributed by atoms with van der Waals surface area (Å²) in [6, 6.07) is 14.5. The first-order chi connectivity index (χ1) is 12.4. The van der Waals surface area contributed by atoms with Crippen LogP contribution in [0.25, 0.3) is 10.8 Å². The summed E-state index contributed by atoms with van der Waals surface area (Å²) in [6.45, 7) is 2.04. The Hall–Kier alpha value is -1.87. The minimum absolute atomic E-state index is 0.592. The molecule has 0 unspecified atom stereocenters. The largest absolute Gasteiger partial charge is 0.491 e. The molecule has 0 N–H and O–H groups in total. The van der Waals surface area contributed by atoms with Crippen LogP contribution in [0.5, 0.6) is 5.75 Å². The summed E-state index contributed by atoms with van der Waals surface area (Å²) in [5, 5.41) is 2.43. The van der Waals surface area contributed by atoms with Gasteiger partial charge in [0.25, 0.3) is 0 Å². The summed E-state index contributed by atoms with van der Waals surface area (Å²) in [4.78, 5) is 10.2. The molecular weight excluding hydrogens is 312 g/mol. The Morgan fingerprint density at radius 1 is 0.720 bits per heavy atom. The summed E-state index contributed by atoms with van der Waals surface area (Å²) >= 11 is 0. The zero-order chi connectivity index (χ0) is 17.6. The van der Waals surface area contributed by atoms with E-state index in [0.717, 1.165) is 37.9 Å². The zero-order valence-electron chi connectivity index (χ0n) is 15.1. The van der Waals surface area contributed by atoms with Crippen LogP contribution in [0.4, 0.5) is 0 Å². The van der Waals surface area contributed by atoms with Crippen LogP contribution >= 0.6 is 0 Å². The molecular formula is C22H30O3. The van der Waals surface area contributed by atoms with Gasteiger partial charge in [-0.25, -0.2) is 0 Å². The molecule has 25 heavy (non-hydrogen) atoms. The zero-order valence-corrected chi connectivity index (χ0v) is 15.1. The van der Waals surface area contributed by atoms with Crippen LogP contribution in [0.2, 0.25) is 0 Å². The van der Waals surface area contributed by atoms with E-state index in [1.54, 1.807) is 0 Å². The van der Waals surface area contributed by atoms with Gasteiger partial charge in [-0.05, 0) is 35.7 Å². The molecule has 0 bridgehead atoms. The lowest BCUT2D eigenvalue weighted by molar-refractivity contribution is -0.107. The van der Waals surface area contributed by atoms with E-state index in [4.69, 9.17) is 9.47 Å². The van der Waals surface area contributed by atoms with Crippen LogP contribution in [-0.4, -0.2) is 26.1 Å². The Morgan fingerprint density at radius 3 is 2.24 bits per heavy atom. The van der Waals surface area contributed by atoms with Gasteiger partial charge in [0.1, 0.15) is 18.6 Å². The van der Waals surface area contributed by atoms with E-state index in [1.165, 1.54) is 42.9 Å². The Kier molecular flexibility index (Phi) is 9.72. The standard InChI is InChI=1S/C22H30O3/c23-15-9-5-3-1-2-4-6-10-16-24-17-18-25-22-14-13-20-11-7-8-12-21(20)19-22/h7-8,11-15,19H,1-6,9-10,16-18H2. The molecule has 136 valence electrons. The van der Waals surface area contributed by atoms with Crippen molar-refractivity contribution in [1.29, 1.82) is 0 Å². The average molecular weight is 342 g/mol. The number of unbranched alkanes of at least 4 members (excludes halogenated alkanes) is 7. The van der Waals surface area contributed by atoms with E-state index >= 15 is 0 Å². The lowest BCUT2D eigenvalue weighted by Crippen LogP contribution is -2.07. The topological polar surface area (TPSA) is 35.5 Å². The van der Waals surface area contributed by atoms with E-state index in [1.807, 2.05) is 18.2 Å². The summed E-state index contributed by atoms with van der Waals surface area (Å²) in [6.07, 6.45) is 10.1. The summed E-state index contributed by atoms with van der Waals surface area (Å²) in [7, 11) is 0.